The first-order valence-corrected chi connectivity index (χ1v) is 7.85. The van der Waals surface area contributed by atoms with E-state index in [0.717, 1.165) is 23.4 Å². The van der Waals surface area contributed by atoms with Crippen molar-refractivity contribution in [3.63, 3.8) is 0 Å². The molecule has 122 valence electrons. The third-order valence-corrected chi connectivity index (χ3v) is 3.53. The number of para-hydroxylation sites is 1. The smallest absolute Gasteiger partial charge is 0.167 e. The largest absolute Gasteiger partial charge is 0.491 e. The third-order valence-electron chi connectivity index (χ3n) is 3.53. The minimum absolute atomic E-state index is 0.612. The number of nitrogens with zero attached hydrogens (tertiary/aromatic N) is 4. The number of likely N-dealkylation sites (N-methyl/N-ethyl adjacent to an activating group) is 1. The maximum Gasteiger partial charge on any atom is 0.167 e. The molecule has 0 atom stereocenters. The number of hydrogen-bond donors (Lipinski definition) is 0. The highest BCUT2D eigenvalue weighted by atomic mass is 16.5. The lowest BCUT2D eigenvalue weighted by Gasteiger charge is -2.13. The quantitative estimate of drug-likeness (QED) is 0.698. The molecule has 0 aliphatic heterocycles. The molecule has 5 heteroatoms. The molecule has 24 heavy (non-hydrogen) atoms. The molecule has 3 aromatic rings. The average molecular weight is 320 g/mol. The summed E-state index contributed by atoms with van der Waals surface area (Å²) >= 11 is 0. The topological polar surface area (TPSA) is 51.1 Å². The summed E-state index contributed by atoms with van der Waals surface area (Å²) in [6.45, 7) is 1.46. The molecule has 0 saturated carbocycles. The summed E-state index contributed by atoms with van der Waals surface area (Å²) in [6, 6.07) is 17.7. The van der Waals surface area contributed by atoms with Gasteiger partial charge in [0.25, 0.3) is 0 Å². The van der Waals surface area contributed by atoms with Crippen LogP contribution in [0.1, 0.15) is 0 Å². The molecule has 0 N–H and O–H groups in total. The van der Waals surface area contributed by atoms with Crippen LogP contribution in [-0.2, 0) is 0 Å². The van der Waals surface area contributed by atoms with Crippen molar-refractivity contribution in [2.75, 3.05) is 27.2 Å². The summed E-state index contributed by atoms with van der Waals surface area (Å²) in [7, 11) is 4.04. The van der Waals surface area contributed by atoms with Gasteiger partial charge in [0.1, 0.15) is 18.7 Å². The van der Waals surface area contributed by atoms with Crippen LogP contribution in [-0.4, -0.2) is 47.1 Å². The van der Waals surface area contributed by atoms with Gasteiger partial charge in [-0.2, -0.15) is 0 Å². The fourth-order valence-corrected chi connectivity index (χ4v) is 2.27. The van der Waals surface area contributed by atoms with Gasteiger partial charge in [-0.25, -0.2) is 15.0 Å². The van der Waals surface area contributed by atoms with Gasteiger partial charge in [-0.05, 0) is 26.2 Å². The SMILES string of the molecule is CN(C)CCOc1ccccc1-c1ncnc(-c2ccccc2)n1. The monoisotopic (exact) mass is 320 g/mol. The Morgan fingerprint density at radius 1 is 0.875 bits per heavy atom. The standard InChI is InChI=1S/C19H20N4O/c1-23(2)12-13-24-17-11-7-6-10-16(17)19-21-14-20-18(22-19)15-8-4-3-5-9-15/h3-11,14H,12-13H2,1-2H3. The summed E-state index contributed by atoms with van der Waals surface area (Å²) in [6.07, 6.45) is 1.54. The molecule has 0 spiro atoms. The molecule has 0 bridgehead atoms. The van der Waals surface area contributed by atoms with Crippen molar-refractivity contribution in [3.05, 3.63) is 60.9 Å². The Bertz CT molecular complexity index is 790. The highest BCUT2D eigenvalue weighted by Crippen LogP contribution is 2.27. The minimum Gasteiger partial charge on any atom is -0.491 e. The van der Waals surface area contributed by atoms with E-state index in [2.05, 4.69) is 19.9 Å². The Balaban J connectivity index is 1.89. The molecule has 0 saturated heterocycles. The van der Waals surface area contributed by atoms with Crippen LogP contribution in [0.5, 0.6) is 5.75 Å². The first-order chi connectivity index (χ1) is 11.7. The van der Waals surface area contributed by atoms with Gasteiger partial charge >= 0.3 is 0 Å². The van der Waals surface area contributed by atoms with E-state index in [1.807, 2.05) is 68.7 Å². The van der Waals surface area contributed by atoms with Gasteiger partial charge in [0.2, 0.25) is 0 Å². The molecular formula is C19H20N4O. The van der Waals surface area contributed by atoms with Crippen molar-refractivity contribution in [3.8, 4) is 28.5 Å². The van der Waals surface area contributed by atoms with Crippen LogP contribution in [0.4, 0.5) is 0 Å². The minimum atomic E-state index is 0.612. The second kappa shape index (κ2) is 7.66. The molecule has 0 unspecified atom stereocenters. The van der Waals surface area contributed by atoms with E-state index in [0.29, 0.717) is 18.3 Å². The second-order valence-corrected chi connectivity index (χ2v) is 5.65. The number of ether oxygens (including phenoxy) is 1. The zero-order valence-corrected chi connectivity index (χ0v) is 13.9. The van der Waals surface area contributed by atoms with Gasteiger partial charge in [0.15, 0.2) is 11.6 Å². The summed E-state index contributed by atoms with van der Waals surface area (Å²) in [4.78, 5) is 15.3. The van der Waals surface area contributed by atoms with Crippen LogP contribution < -0.4 is 4.74 Å². The fraction of sp³-hybridized carbons (Fsp3) is 0.211. The summed E-state index contributed by atoms with van der Waals surface area (Å²) in [5.74, 6) is 2.05. The van der Waals surface area contributed by atoms with Crippen molar-refractivity contribution in [2.24, 2.45) is 0 Å². The maximum atomic E-state index is 5.91. The molecule has 0 amide bonds. The van der Waals surface area contributed by atoms with Gasteiger partial charge in [-0.3, -0.25) is 0 Å². The first-order valence-electron chi connectivity index (χ1n) is 7.85. The normalized spacial score (nSPS) is 10.8. The molecule has 3 rings (SSSR count). The summed E-state index contributed by atoms with van der Waals surface area (Å²) in [5, 5.41) is 0. The zero-order valence-electron chi connectivity index (χ0n) is 13.9. The van der Waals surface area contributed by atoms with Gasteiger partial charge in [0, 0.05) is 12.1 Å². The van der Waals surface area contributed by atoms with Crippen molar-refractivity contribution < 1.29 is 4.74 Å². The number of benzene rings is 2. The van der Waals surface area contributed by atoms with Gasteiger partial charge in [-0.1, -0.05) is 42.5 Å². The van der Waals surface area contributed by atoms with Crippen molar-refractivity contribution in [1.29, 1.82) is 0 Å². The molecule has 0 fully saturated rings. The van der Waals surface area contributed by atoms with Crippen LogP contribution in [0.15, 0.2) is 60.9 Å². The number of rotatable bonds is 6. The summed E-state index contributed by atoms with van der Waals surface area (Å²) in [5.41, 5.74) is 1.84. The molecular weight excluding hydrogens is 300 g/mol. The molecule has 0 radical (unpaired) electrons. The van der Waals surface area contributed by atoms with E-state index in [1.54, 1.807) is 6.33 Å². The molecule has 1 heterocycles. The number of aromatic nitrogens is 3. The van der Waals surface area contributed by atoms with Crippen molar-refractivity contribution >= 4 is 0 Å². The lowest BCUT2D eigenvalue weighted by molar-refractivity contribution is 0.262. The van der Waals surface area contributed by atoms with E-state index in [9.17, 15) is 0 Å². The third kappa shape index (κ3) is 3.94. The predicted molar refractivity (Wildman–Crippen MR) is 94.7 cm³/mol. The van der Waals surface area contributed by atoms with Gasteiger partial charge < -0.3 is 9.64 Å². The Hall–Kier alpha value is -2.79. The molecule has 1 aromatic heterocycles. The maximum absolute atomic E-state index is 5.91. The Kier molecular flexibility index (Phi) is 5.13. The summed E-state index contributed by atoms with van der Waals surface area (Å²) < 4.78 is 5.91. The van der Waals surface area contributed by atoms with Crippen molar-refractivity contribution in [1.82, 2.24) is 19.9 Å². The van der Waals surface area contributed by atoms with Crippen LogP contribution >= 0.6 is 0 Å². The van der Waals surface area contributed by atoms with Crippen LogP contribution in [0.2, 0.25) is 0 Å². The lowest BCUT2D eigenvalue weighted by Crippen LogP contribution is -2.19. The lowest BCUT2D eigenvalue weighted by atomic mass is 10.1. The predicted octanol–water partition coefficient (Wildman–Crippen LogP) is 3.15. The van der Waals surface area contributed by atoms with E-state index in [1.165, 1.54) is 0 Å². The van der Waals surface area contributed by atoms with Crippen molar-refractivity contribution in [2.45, 2.75) is 0 Å². The fourth-order valence-electron chi connectivity index (χ4n) is 2.27. The molecule has 2 aromatic carbocycles. The van der Waals surface area contributed by atoms with Crippen LogP contribution in [0, 0.1) is 0 Å². The van der Waals surface area contributed by atoms with E-state index in [4.69, 9.17) is 4.74 Å². The van der Waals surface area contributed by atoms with Crippen LogP contribution in [0.3, 0.4) is 0 Å². The second-order valence-electron chi connectivity index (χ2n) is 5.65. The molecule has 0 aliphatic carbocycles. The van der Waals surface area contributed by atoms with Crippen LogP contribution in [0.25, 0.3) is 22.8 Å². The Labute approximate surface area is 142 Å². The van der Waals surface area contributed by atoms with E-state index in [-0.39, 0.29) is 0 Å². The van der Waals surface area contributed by atoms with Gasteiger partial charge in [-0.15, -0.1) is 0 Å². The molecule has 0 aliphatic rings. The van der Waals surface area contributed by atoms with E-state index < -0.39 is 0 Å². The van der Waals surface area contributed by atoms with E-state index >= 15 is 0 Å². The van der Waals surface area contributed by atoms with Gasteiger partial charge in [0.05, 0.1) is 5.56 Å². The first kappa shape index (κ1) is 16.1. The highest BCUT2D eigenvalue weighted by molar-refractivity contribution is 5.66. The Morgan fingerprint density at radius 2 is 1.58 bits per heavy atom. The zero-order chi connectivity index (χ0) is 16.8. The molecule has 5 nitrogen and oxygen atoms in total. The Morgan fingerprint density at radius 3 is 2.38 bits per heavy atom. The number of hydrogen-bond acceptors (Lipinski definition) is 5. The highest BCUT2D eigenvalue weighted by Gasteiger charge is 2.11. The average Bonchev–Trinajstić information content (AvgIpc) is 2.63.